The van der Waals surface area contributed by atoms with Crippen LogP contribution in [-0.4, -0.2) is 4.98 Å². The van der Waals surface area contributed by atoms with Crippen molar-refractivity contribution in [2.45, 2.75) is 71.1 Å². The van der Waals surface area contributed by atoms with Gasteiger partial charge in [0.25, 0.3) is 0 Å². The number of pyridine rings is 1. The lowest BCUT2D eigenvalue weighted by atomic mass is 9.69. The summed E-state index contributed by atoms with van der Waals surface area (Å²) in [6, 6.07) is 22.6. The summed E-state index contributed by atoms with van der Waals surface area (Å²) in [6.45, 7) is 17.7. The van der Waals surface area contributed by atoms with Crippen LogP contribution in [0.1, 0.15) is 99.2 Å². The molecule has 5 aliphatic carbocycles. The van der Waals surface area contributed by atoms with E-state index >= 15 is 0 Å². The fourth-order valence-electron chi connectivity index (χ4n) is 9.73. The molecule has 0 spiro atoms. The van der Waals surface area contributed by atoms with Gasteiger partial charge in [0.1, 0.15) is 0 Å². The molecule has 5 atom stereocenters. The summed E-state index contributed by atoms with van der Waals surface area (Å²) in [7, 11) is 0. The molecule has 0 saturated carbocycles. The Kier molecular flexibility index (Phi) is 8.34. The van der Waals surface area contributed by atoms with Crippen molar-refractivity contribution in [3.8, 4) is 11.1 Å². The number of allylic oxidation sites excluding steroid dienone is 15. The van der Waals surface area contributed by atoms with Crippen LogP contribution in [0.4, 0.5) is 0 Å². The van der Waals surface area contributed by atoms with Crippen LogP contribution < -0.4 is 0 Å². The number of rotatable bonds is 7. The Morgan fingerprint density at radius 3 is 2.48 bits per heavy atom. The van der Waals surface area contributed by atoms with Crippen LogP contribution in [0.3, 0.4) is 0 Å². The van der Waals surface area contributed by atoms with E-state index in [1.807, 2.05) is 12.2 Å². The van der Waals surface area contributed by atoms with Gasteiger partial charge in [-0.25, -0.2) is 0 Å². The van der Waals surface area contributed by atoms with E-state index in [0.29, 0.717) is 11.8 Å². The van der Waals surface area contributed by atoms with Crippen molar-refractivity contribution in [3.63, 3.8) is 0 Å². The molecule has 250 valence electrons. The molecule has 1 aromatic heterocycles. The van der Waals surface area contributed by atoms with E-state index in [1.54, 1.807) is 16.7 Å². The van der Waals surface area contributed by atoms with E-state index in [9.17, 15) is 0 Å². The maximum absolute atomic E-state index is 5.37. The van der Waals surface area contributed by atoms with Crippen molar-refractivity contribution in [1.82, 2.24) is 4.98 Å². The summed E-state index contributed by atoms with van der Waals surface area (Å²) < 4.78 is 0. The molecule has 0 fully saturated rings. The predicted molar refractivity (Wildman–Crippen MR) is 213 cm³/mol. The number of fused-ring (bicyclic) bond motifs is 7. The summed E-state index contributed by atoms with van der Waals surface area (Å²) >= 11 is 0. The molecule has 0 N–H and O–H groups in total. The van der Waals surface area contributed by atoms with Gasteiger partial charge in [0.15, 0.2) is 0 Å². The summed E-state index contributed by atoms with van der Waals surface area (Å²) in [4.78, 5) is 5.37. The van der Waals surface area contributed by atoms with Crippen molar-refractivity contribution in [3.05, 3.63) is 184 Å². The highest BCUT2D eigenvalue weighted by Crippen LogP contribution is 2.57. The molecule has 1 heterocycles. The maximum atomic E-state index is 5.37. The minimum atomic E-state index is 0.0331. The predicted octanol–water partition coefficient (Wildman–Crippen LogP) is 13.0. The Balaban J connectivity index is 1.10. The van der Waals surface area contributed by atoms with Crippen LogP contribution in [0.15, 0.2) is 156 Å². The first-order valence-corrected chi connectivity index (χ1v) is 18.7. The fourth-order valence-corrected chi connectivity index (χ4v) is 9.73. The fraction of sp³-hybridized carbons (Fsp3) is 0.286. The zero-order valence-electron chi connectivity index (χ0n) is 30.1. The molecule has 1 nitrogen and oxygen atoms in total. The molecule has 0 aliphatic heterocycles. The summed E-state index contributed by atoms with van der Waals surface area (Å²) in [5, 5.41) is 0. The Morgan fingerprint density at radius 1 is 0.920 bits per heavy atom. The third kappa shape index (κ3) is 5.25. The SMILES string of the molecule is C=C/C=C\C1C=Cc2ccc(C(/C=C3\C(C)C4=C(CCC(C5=CC=C6c7ccccc7-c7ccccc7C6C5)=C4)C3(C)C)CC)nc2C1C=C. The number of benzene rings is 2. The molecule has 5 aliphatic rings. The van der Waals surface area contributed by atoms with Gasteiger partial charge in [-0.05, 0) is 81.9 Å². The van der Waals surface area contributed by atoms with Crippen LogP contribution in [0.25, 0.3) is 22.8 Å². The van der Waals surface area contributed by atoms with E-state index in [0.717, 1.165) is 31.4 Å². The van der Waals surface area contributed by atoms with Crippen molar-refractivity contribution < 1.29 is 0 Å². The standard InChI is InChI=1S/C49H49N/c1-7-10-15-33-20-21-34-24-27-47(50-48(34)37(33)9-3)32(8-2)30-46-31(4)43-28-36(23-26-45(43)49(46,5)6)35-22-25-42-40-18-12-11-16-38(40)39-17-13-14-19-41(39)44(42)29-35/h7,9-22,24-25,27-28,30-33,37,44H,1,3,8,23,26,29H2,2,4-6H3/b15-10-,46-30+. The molecule has 2 aromatic carbocycles. The molecule has 50 heavy (non-hydrogen) atoms. The number of hydrogen-bond donors (Lipinski definition) is 0. The zero-order valence-corrected chi connectivity index (χ0v) is 30.1. The smallest absolute Gasteiger partial charge is 0.0556 e. The molecular weight excluding hydrogens is 603 g/mol. The quantitative estimate of drug-likeness (QED) is 0.183. The molecule has 0 bridgehead atoms. The largest absolute Gasteiger partial charge is 0.256 e. The lowest BCUT2D eigenvalue weighted by molar-refractivity contribution is 0.506. The lowest BCUT2D eigenvalue weighted by Crippen LogP contribution is -2.18. The maximum Gasteiger partial charge on any atom is 0.0556 e. The van der Waals surface area contributed by atoms with Crippen LogP contribution in [0.5, 0.6) is 0 Å². The number of hydrogen-bond acceptors (Lipinski definition) is 1. The highest BCUT2D eigenvalue weighted by molar-refractivity contribution is 5.92. The molecule has 1 heteroatoms. The van der Waals surface area contributed by atoms with Gasteiger partial charge in [-0.15, -0.1) is 6.58 Å². The number of aromatic nitrogens is 1. The van der Waals surface area contributed by atoms with Crippen molar-refractivity contribution in [2.75, 3.05) is 0 Å². The van der Waals surface area contributed by atoms with Gasteiger partial charge in [-0.1, -0.05) is 161 Å². The molecule has 0 radical (unpaired) electrons. The second kappa shape index (κ2) is 12.9. The Bertz CT molecular complexity index is 2120. The van der Waals surface area contributed by atoms with Gasteiger partial charge in [0.2, 0.25) is 0 Å². The van der Waals surface area contributed by atoms with Gasteiger partial charge in [-0.3, -0.25) is 4.98 Å². The molecule has 5 unspecified atom stereocenters. The molecular formula is C49H49N. The lowest BCUT2D eigenvalue weighted by Gasteiger charge is -2.34. The van der Waals surface area contributed by atoms with E-state index in [2.05, 4.69) is 150 Å². The topological polar surface area (TPSA) is 12.9 Å². The van der Waals surface area contributed by atoms with E-state index < -0.39 is 0 Å². The van der Waals surface area contributed by atoms with Gasteiger partial charge >= 0.3 is 0 Å². The first kappa shape index (κ1) is 32.5. The zero-order chi connectivity index (χ0) is 34.6. The first-order valence-electron chi connectivity index (χ1n) is 18.7. The monoisotopic (exact) mass is 651 g/mol. The minimum Gasteiger partial charge on any atom is -0.256 e. The van der Waals surface area contributed by atoms with Crippen molar-refractivity contribution in [1.29, 1.82) is 0 Å². The average molecular weight is 652 g/mol. The highest BCUT2D eigenvalue weighted by atomic mass is 14.7. The average Bonchev–Trinajstić information content (AvgIpc) is 3.34. The first-order chi connectivity index (χ1) is 24.3. The van der Waals surface area contributed by atoms with Gasteiger partial charge in [-0.2, -0.15) is 0 Å². The summed E-state index contributed by atoms with van der Waals surface area (Å²) in [5.41, 5.74) is 18.4. The molecule has 0 amide bonds. The Morgan fingerprint density at radius 2 is 1.70 bits per heavy atom. The third-order valence-corrected chi connectivity index (χ3v) is 12.4. The second-order valence-electron chi connectivity index (χ2n) is 15.3. The van der Waals surface area contributed by atoms with E-state index in [-0.39, 0.29) is 23.2 Å². The molecule has 0 saturated heterocycles. The molecule has 3 aromatic rings. The van der Waals surface area contributed by atoms with Crippen LogP contribution >= 0.6 is 0 Å². The summed E-state index contributed by atoms with van der Waals surface area (Å²) in [5.74, 6) is 1.46. The van der Waals surface area contributed by atoms with Gasteiger partial charge in [0.05, 0.1) is 5.69 Å². The second-order valence-corrected chi connectivity index (χ2v) is 15.3. The number of nitrogens with zero attached hydrogens (tertiary/aromatic N) is 1. The Hall–Kier alpha value is -4.75. The summed E-state index contributed by atoms with van der Waals surface area (Å²) in [6.07, 6.45) is 27.0. The Labute approximate surface area is 299 Å². The van der Waals surface area contributed by atoms with Crippen LogP contribution in [0.2, 0.25) is 0 Å². The van der Waals surface area contributed by atoms with E-state index in [4.69, 9.17) is 4.98 Å². The van der Waals surface area contributed by atoms with Crippen LogP contribution in [0, 0.1) is 17.3 Å². The van der Waals surface area contributed by atoms with Crippen molar-refractivity contribution >= 4 is 11.6 Å². The minimum absolute atomic E-state index is 0.0331. The van der Waals surface area contributed by atoms with Crippen molar-refractivity contribution in [2.24, 2.45) is 17.3 Å². The molecule has 8 rings (SSSR count). The van der Waals surface area contributed by atoms with Gasteiger partial charge in [0, 0.05) is 40.7 Å². The highest BCUT2D eigenvalue weighted by Gasteiger charge is 2.43. The third-order valence-electron chi connectivity index (χ3n) is 12.4. The van der Waals surface area contributed by atoms with Crippen LogP contribution in [-0.2, 0) is 0 Å². The van der Waals surface area contributed by atoms with Gasteiger partial charge < -0.3 is 0 Å². The normalized spacial score (nSPS) is 25.8. The van der Waals surface area contributed by atoms with E-state index in [1.165, 1.54) is 50.2 Å².